The number of allylic oxidation sites excluding steroid dienone is 4. The molecule has 0 bridgehead atoms. The summed E-state index contributed by atoms with van der Waals surface area (Å²) < 4.78 is 2.45. The Labute approximate surface area is 178 Å². The Morgan fingerprint density at radius 3 is 2.13 bits per heavy atom. The van der Waals surface area contributed by atoms with Gasteiger partial charge in [0.1, 0.15) is 0 Å². The molecule has 0 atom stereocenters. The first kappa shape index (κ1) is 17.8. The third-order valence-electron chi connectivity index (χ3n) is 7.23. The summed E-state index contributed by atoms with van der Waals surface area (Å²) in [4.78, 5) is 0. The van der Waals surface area contributed by atoms with Crippen LogP contribution in [-0.4, -0.2) is 4.57 Å². The topological polar surface area (TPSA) is 4.93 Å². The minimum atomic E-state index is 0.0946. The minimum Gasteiger partial charge on any atom is -0.309 e. The molecule has 6 rings (SSSR count). The van der Waals surface area contributed by atoms with Crippen LogP contribution >= 0.6 is 0 Å². The fourth-order valence-corrected chi connectivity index (χ4v) is 5.68. The van der Waals surface area contributed by atoms with Crippen LogP contribution in [0.15, 0.2) is 72.3 Å². The molecule has 0 saturated heterocycles. The van der Waals surface area contributed by atoms with E-state index in [9.17, 15) is 0 Å². The number of benzene rings is 3. The van der Waals surface area contributed by atoms with Crippen molar-refractivity contribution in [1.82, 2.24) is 4.57 Å². The number of hydrogen-bond donors (Lipinski definition) is 0. The molecule has 1 heterocycles. The van der Waals surface area contributed by atoms with E-state index < -0.39 is 0 Å². The summed E-state index contributed by atoms with van der Waals surface area (Å²) in [5.41, 5.74) is 12.5. The van der Waals surface area contributed by atoms with E-state index in [2.05, 4.69) is 99.0 Å². The van der Waals surface area contributed by atoms with E-state index in [-0.39, 0.29) is 5.41 Å². The van der Waals surface area contributed by atoms with Crippen LogP contribution in [0.4, 0.5) is 0 Å². The fourth-order valence-electron chi connectivity index (χ4n) is 5.68. The Morgan fingerprint density at radius 2 is 1.47 bits per heavy atom. The van der Waals surface area contributed by atoms with Crippen LogP contribution in [0.1, 0.15) is 48.9 Å². The largest absolute Gasteiger partial charge is 0.309 e. The number of aromatic nitrogens is 1. The average Bonchev–Trinajstić information content (AvgIpc) is 3.17. The molecule has 3 aromatic carbocycles. The van der Waals surface area contributed by atoms with Gasteiger partial charge in [-0.15, -0.1) is 0 Å². The van der Waals surface area contributed by atoms with E-state index >= 15 is 0 Å². The Balaban J connectivity index is 1.65. The molecule has 0 aliphatic heterocycles. The molecule has 1 heteroatoms. The predicted molar refractivity (Wildman–Crippen MR) is 129 cm³/mol. The fraction of sp³-hybridized carbons (Fsp3) is 0.241. The average molecular weight is 390 g/mol. The maximum Gasteiger partial charge on any atom is 0.0541 e. The number of aryl methyl sites for hydroxylation is 2. The Kier molecular flexibility index (Phi) is 3.54. The highest BCUT2D eigenvalue weighted by atomic mass is 15.0. The molecule has 0 N–H and O–H groups in total. The molecule has 0 radical (unpaired) electrons. The monoisotopic (exact) mass is 389 g/mol. The van der Waals surface area contributed by atoms with Gasteiger partial charge < -0.3 is 4.57 Å². The lowest BCUT2D eigenvalue weighted by Crippen LogP contribution is -2.18. The van der Waals surface area contributed by atoms with Gasteiger partial charge in [-0.1, -0.05) is 60.9 Å². The summed E-state index contributed by atoms with van der Waals surface area (Å²) in [5, 5.41) is 2.68. The molecular formula is C29H27N. The smallest absolute Gasteiger partial charge is 0.0541 e. The van der Waals surface area contributed by atoms with Crippen molar-refractivity contribution >= 4 is 27.4 Å². The zero-order valence-corrected chi connectivity index (χ0v) is 18.2. The summed E-state index contributed by atoms with van der Waals surface area (Å²) in [7, 11) is 0. The minimum absolute atomic E-state index is 0.0946. The molecule has 2 aliphatic rings. The van der Waals surface area contributed by atoms with Crippen LogP contribution < -0.4 is 0 Å². The van der Waals surface area contributed by atoms with Crippen LogP contribution in [0.3, 0.4) is 0 Å². The molecule has 1 aromatic heterocycles. The SMILES string of the molecule is Cc1ccc2c(c1)c1cc(C)ccc1n2-c1ccc2c(c1)C(C)(C)C1=C2C=CCC1. The molecule has 148 valence electrons. The van der Waals surface area contributed by atoms with Gasteiger partial charge in [-0.3, -0.25) is 0 Å². The normalized spacial score (nSPS) is 17.1. The van der Waals surface area contributed by atoms with Crippen LogP contribution in [0.25, 0.3) is 33.1 Å². The third-order valence-corrected chi connectivity index (χ3v) is 7.23. The van der Waals surface area contributed by atoms with Crippen molar-refractivity contribution in [2.24, 2.45) is 0 Å². The van der Waals surface area contributed by atoms with Gasteiger partial charge in [-0.05, 0) is 79.8 Å². The van der Waals surface area contributed by atoms with Crippen molar-refractivity contribution in [3.63, 3.8) is 0 Å². The van der Waals surface area contributed by atoms with Crippen molar-refractivity contribution in [1.29, 1.82) is 0 Å². The maximum atomic E-state index is 2.45. The lowest BCUT2D eigenvalue weighted by molar-refractivity contribution is 0.607. The first-order valence-corrected chi connectivity index (χ1v) is 11.0. The van der Waals surface area contributed by atoms with E-state index in [1.54, 1.807) is 5.57 Å². The summed E-state index contributed by atoms with van der Waals surface area (Å²) in [6.45, 7) is 9.16. The molecule has 2 aliphatic carbocycles. The van der Waals surface area contributed by atoms with Gasteiger partial charge in [0, 0.05) is 21.9 Å². The van der Waals surface area contributed by atoms with E-state index in [1.165, 1.54) is 61.7 Å². The first-order valence-electron chi connectivity index (χ1n) is 11.0. The maximum absolute atomic E-state index is 2.45. The summed E-state index contributed by atoms with van der Waals surface area (Å²) in [6.07, 6.45) is 7.01. The predicted octanol–water partition coefficient (Wildman–Crippen LogP) is 7.80. The molecule has 1 nitrogen and oxygen atoms in total. The second-order valence-corrected chi connectivity index (χ2v) is 9.56. The van der Waals surface area contributed by atoms with Crippen molar-refractivity contribution < 1.29 is 0 Å². The van der Waals surface area contributed by atoms with E-state index in [0.29, 0.717) is 0 Å². The molecule has 0 spiro atoms. The van der Waals surface area contributed by atoms with Crippen LogP contribution in [0, 0.1) is 13.8 Å². The van der Waals surface area contributed by atoms with Crippen molar-refractivity contribution in [2.75, 3.05) is 0 Å². The lowest BCUT2D eigenvalue weighted by atomic mass is 9.78. The van der Waals surface area contributed by atoms with E-state index in [1.807, 2.05) is 0 Å². The number of fused-ring (bicyclic) bond motifs is 5. The second kappa shape index (κ2) is 5.98. The quantitative estimate of drug-likeness (QED) is 0.313. The van der Waals surface area contributed by atoms with Crippen LogP contribution in [0.5, 0.6) is 0 Å². The molecule has 0 unspecified atom stereocenters. The molecule has 30 heavy (non-hydrogen) atoms. The lowest BCUT2D eigenvalue weighted by Gasteiger charge is -2.26. The van der Waals surface area contributed by atoms with E-state index in [4.69, 9.17) is 0 Å². The zero-order chi connectivity index (χ0) is 20.6. The summed E-state index contributed by atoms with van der Waals surface area (Å²) >= 11 is 0. The molecule has 0 amide bonds. The van der Waals surface area contributed by atoms with Crippen LogP contribution in [-0.2, 0) is 5.41 Å². The van der Waals surface area contributed by atoms with Crippen molar-refractivity contribution in [3.05, 3.63) is 94.6 Å². The van der Waals surface area contributed by atoms with Gasteiger partial charge in [-0.2, -0.15) is 0 Å². The Hall–Kier alpha value is -3.06. The first-order chi connectivity index (χ1) is 14.4. The highest BCUT2D eigenvalue weighted by Crippen LogP contribution is 2.50. The zero-order valence-electron chi connectivity index (χ0n) is 18.2. The van der Waals surface area contributed by atoms with Crippen LogP contribution in [0.2, 0.25) is 0 Å². The summed E-state index contributed by atoms with van der Waals surface area (Å²) in [6, 6.07) is 20.8. The van der Waals surface area contributed by atoms with Gasteiger partial charge in [0.05, 0.1) is 11.0 Å². The van der Waals surface area contributed by atoms with E-state index in [0.717, 1.165) is 6.42 Å². The Bertz CT molecular complexity index is 1360. The molecule has 0 saturated carbocycles. The summed E-state index contributed by atoms with van der Waals surface area (Å²) in [5.74, 6) is 0. The third kappa shape index (κ3) is 2.29. The molecule has 0 fully saturated rings. The number of nitrogens with zero attached hydrogens (tertiary/aromatic N) is 1. The van der Waals surface area contributed by atoms with Crippen molar-refractivity contribution in [2.45, 2.75) is 46.0 Å². The van der Waals surface area contributed by atoms with Crippen molar-refractivity contribution in [3.8, 4) is 5.69 Å². The van der Waals surface area contributed by atoms with Gasteiger partial charge >= 0.3 is 0 Å². The van der Waals surface area contributed by atoms with Gasteiger partial charge in [-0.25, -0.2) is 0 Å². The Morgan fingerprint density at radius 1 is 0.800 bits per heavy atom. The standard InChI is InChI=1S/C29H27N/c1-18-9-13-27-23(15-18)24-16-19(2)10-14-28(24)30(27)20-11-12-22-21-7-5-6-8-25(21)29(3,4)26(22)17-20/h5,7,9-17H,6,8H2,1-4H3. The number of rotatable bonds is 1. The molecular weight excluding hydrogens is 362 g/mol. The van der Waals surface area contributed by atoms with Gasteiger partial charge in [0.2, 0.25) is 0 Å². The highest BCUT2D eigenvalue weighted by Gasteiger charge is 2.37. The van der Waals surface area contributed by atoms with Gasteiger partial charge in [0.15, 0.2) is 0 Å². The second-order valence-electron chi connectivity index (χ2n) is 9.56. The number of hydrogen-bond acceptors (Lipinski definition) is 0. The van der Waals surface area contributed by atoms with Gasteiger partial charge in [0.25, 0.3) is 0 Å². The molecule has 4 aromatic rings. The highest BCUT2D eigenvalue weighted by molar-refractivity contribution is 6.09.